The van der Waals surface area contributed by atoms with Crippen molar-refractivity contribution in [1.29, 1.82) is 0 Å². The Morgan fingerprint density at radius 2 is 1.52 bits per heavy atom. The molecule has 3 atom stereocenters. The van der Waals surface area contributed by atoms with Crippen molar-refractivity contribution < 1.29 is 24.2 Å². The zero-order valence-electron chi connectivity index (χ0n) is 24.0. The number of likely N-dealkylation sites (N-methyl/N-ethyl adjacent to an activating group) is 1. The SMILES string of the molecule is CN(Cc1ccccc1)CC(NC(=O)OCC1c2ccccc2-c2ccccc21)C(=O)NC[C@@H]1CCCC[C@@H]1C(=O)O. The molecule has 0 aliphatic heterocycles. The van der Waals surface area contributed by atoms with Gasteiger partial charge in [0.1, 0.15) is 12.6 Å². The first-order valence-electron chi connectivity index (χ1n) is 14.7. The van der Waals surface area contributed by atoms with Crippen LogP contribution in [0.2, 0.25) is 0 Å². The summed E-state index contributed by atoms with van der Waals surface area (Å²) in [4.78, 5) is 40.3. The molecule has 3 N–H and O–H groups in total. The Kier molecular flexibility index (Phi) is 9.54. The summed E-state index contributed by atoms with van der Waals surface area (Å²) in [6, 6.07) is 25.3. The van der Waals surface area contributed by atoms with Gasteiger partial charge in [0.15, 0.2) is 0 Å². The number of rotatable bonds is 11. The van der Waals surface area contributed by atoms with Crippen molar-refractivity contribution in [2.45, 2.75) is 44.2 Å². The number of fused-ring (bicyclic) bond motifs is 3. The molecule has 0 radical (unpaired) electrons. The Morgan fingerprint density at radius 3 is 2.19 bits per heavy atom. The van der Waals surface area contributed by atoms with E-state index < -0.39 is 24.0 Å². The van der Waals surface area contributed by atoms with Crippen LogP contribution in [-0.2, 0) is 20.9 Å². The van der Waals surface area contributed by atoms with E-state index in [-0.39, 0.29) is 37.4 Å². The maximum atomic E-state index is 13.4. The number of benzene rings is 3. The Hall–Kier alpha value is -4.17. The Balaban J connectivity index is 1.24. The number of hydrogen-bond acceptors (Lipinski definition) is 5. The van der Waals surface area contributed by atoms with Crippen molar-refractivity contribution in [2.75, 3.05) is 26.7 Å². The van der Waals surface area contributed by atoms with E-state index in [1.807, 2.05) is 66.5 Å². The zero-order chi connectivity index (χ0) is 29.5. The molecule has 3 aromatic rings. The predicted octanol–water partition coefficient (Wildman–Crippen LogP) is 5.03. The number of nitrogens with one attached hydrogen (secondary N) is 2. The van der Waals surface area contributed by atoms with Gasteiger partial charge >= 0.3 is 12.1 Å². The lowest BCUT2D eigenvalue weighted by Gasteiger charge is -2.30. The molecule has 3 aromatic carbocycles. The highest BCUT2D eigenvalue weighted by Crippen LogP contribution is 2.44. The lowest BCUT2D eigenvalue weighted by Crippen LogP contribution is -2.53. The maximum absolute atomic E-state index is 13.4. The van der Waals surface area contributed by atoms with Gasteiger partial charge in [-0.2, -0.15) is 0 Å². The molecule has 0 spiro atoms. The number of amides is 2. The third kappa shape index (κ3) is 6.99. The fraction of sp³-hybridized carbons (Fsp3) is 0.382. The largest absolute Gasteiger partial charge is 0.481 e. The molecule has 5 rings (SSSR count). The van der Waals surface area contributed by atoms with Gasteiger partial charge in [0.25, 0.3) is 0 Å². The molecule has 0 saturated heterocycles. The summed E-state index contributed by atoms with van der Waals surface area (Å²) >= 11 is 0. The highest BCUT2D eigenvalue weighted by Gasteiger charge is 2.33. The number of carboxylic acids is 1. The van der Waals surface area contributed by atoms with Crippen LogP contribution in [-0.4, -0.2) is 60.8 Å². The highest BCUT2D eigenvalue weighted by atomic mass is 16.5. The standard InChI is InChI=1S/C34H39N3O5/c1-37(20-23-11-3-2-4-12-23)21-31(32(38)35-19-24-13-5-6-14-25(24)33(39)40)36-34(41)42-22-30-28-17-9-7-15-26(28)27-16-8-10-18-29(27)30/h2-4,7-12,15-18,24-25,30-31H,5-6,13-14,19-22H2,1H3,(H,35,38)(H,36,41)(H,39,40)/t24-,25-,31?/m0/s1. The maximum Gasteiger partial charge on any atom is 0.407 e. The van der Waals surface area contributed by atoms with Crippen LogP contribution < -0.4 is 10.6 Å². The summed E-state index contributed by atoms with van der Waals surface area (Å²) in [5.74, 6) is -1.84. The summed E-state index contributed by atoms with van der Waals surface area (Å²) < 4.78 is 5.74. The van der Waals surface area contributed by atoms with Crippen LogP contribution in [0.4, 0.5) is 4.79 Å². The van der Waals surface area contributed by atoms with E-state index in [2.05, 4.69) is 34.9 Å². The number of nitrogens with zero attached hydrogens (tertiary/aromatic N) is 1. The van der Waals surface area contributed by atoms with Crippen molar-refractivity contribution in [3.8, 4) is 11.1 Å². The molecule has 0 bridgehead atoms. The number of carbonyl (C=O) groups is 3. The van der Waals surface area contributed by atoms with Gasteiger partial charge in [0.05, 0.1) is 5.92 Å². The normalized spacial score (nSPS) is 18.5. The third-order valence-electron chi connectivity index (χ3n) is 8.51. The van der Waals surface area contributed by atoms with Gasteiger partial charge in [-0.25, -0.2) is 4.79 Å². The third-order valence-corrected chi connectivity index (χ3v) is 8.51. The van der Waals surface area contributed by atoms with Crippen molar-refractivity contribution in [1.82, 2.24) is 15.5 Å². The highest BCUT2D eigenvalue weighted by molar-refractivity contribution is 5.86. The number of carboxylic acid groups (broad SMARTS) is 1. The summed E-state index contributed by atoms with van der Waals surface area (Å²) in [6.07, 6.45) is 2.56. The summed E-state index contributed by atoms with van der Waals surface area (Å²) in [7, 11) is 1.90. The van der Waals surface area contributed by atoms with E-state index in [9.17, 15) is 19.5 Å². The van der Waals surface area contributed by atoms with E-state index in [0.717, 1.165) is 47.1 Å². The summed E-state index contributed by atoms with van der Waals surface area (Å²) in [5.41, 5.74) is 5.60. The molecule has 220 valence electrons. The molecule has 0 aromatic heterocycles. The number of ether oxygens (including phenoxy) is 1. The van der Waals surface area contributed by atoms with Crippen LogP contribution in [0.5, 0.6) is 0 Å². The van der Waals surface area contributed by atoms with Gasteiger partial charge in [-0.15, -0.1) is 0 Å². The van der Waals surface area contributed by atoms with Crippen LogP contribution in [0, 0.1) is 11.8 Å². The second kappa shape index (κ2) is 13.7. The number of aliphatic carboxylic acids is 1. The van der Waals surface area contributed by atoms with Gasteiger partial charge in [0.2, 0.25) is 5.91 Å². The number of alkyl carbamates (subject to hydrolysis) is 1. The minimum absolute atomic E-state index is 0.0876. The minimum Gasteiger partial charge on any atom is -0.481 e. The van der Waals surface area contributed by atoms with Crippen molar-refractivity contribution in [3.63, 3.8) is 0 Å². The van der Waals surface area contributed by atoms with E-state index in [1.165, 1.54) is 0 Å². The first-order chi connectivity index (χ1) is 20.4. The molecular formula is C34H39N3O5. The van der Waals surface area contributed by atoms with Gasteiger partial charge in [0, 0.05) is 25.6 Å². The molecule has 2 aliphatic rings. The molecular weight excluding hydrogens is 530 g/mol. The Bertz CT molecular complexity index is 1350. The second-order valence-corrected chi connectivity index (χ2v) is 11.4. The topological polar surface area (TPSA) is 108 Å². The van der Waals surface area contributed by atoms with E-state index in [1.54, 1.807) is 0 Å². The quantitative estimate of drug-likeness (QED) is 0.299. The molecule has 1 unspecified atom stereocenters. The van der Waals surface area contributed by atoms with Crippen LogP contribution >= 0.6 is 0 Å². The molecule has 1 fully saturated rings. The van der Waals surface area contributed by atoms with Crippen molar-refractivity contribution >= 4 is 18.0 Å². The fourth-order valence-corrected chi connectivity index (χ4v) is 6.38. The average molecular weight is 570 g/mol. The van der Waals surface area contributed by atoms with Crippen LogP contribution in [0.15, 0.2) is 78.9 Å². The van der Waals surface area contributed by atoms with Gasteiger partial charge in [-0.1, -0.05) is 91.7 Å². The number of carbonyl (C=O) groups excluding carboxylic acids is 2. The molecule has 8 nitrogen and oxygen atoms in total. The monoisotopic (exact) mass is 569 g/mol. The average Bonchev–Trinajstić information content (AvgIpc) is 3.32. The molecule has 0 heterocycles. The lowest BCUT2D eigenvalue weighted by molar-refractivity contribution is -0.145. The van der Waals surface area contributed by atoms with Gasteiger partial charge < -0.3 is 20.5 Å². The van der Waals surface area contributed by atoms with Gasteiger partial charge in [-0.3, -0.25) is 14.5 Å². The minimum atomic E-state index is -0.874. The number of hydrogen-bond donors (Lipinski definition) is 3. The smallest absolute Gasteiger partial charge is 0.407 e. The lowest BCUT2D eigenvalue weighted by atomic mass is 9.79. The Morgan fingerprint density at radius 1 is 0.905 bits per heavy atom. The van der Waals surface area contributed by atoms with Gasteiger partial charge in [-0.05, 0) is 53.6 Å². The van der Waals surface area contributed by atoms with E-state index in [4.69, 9.17) is 4.74 Å². The van der Waals surface area contributed by atoms with Crippen LogP contribution in [0.25, 0.3) is 11.1 Å². The van der Waals surface area contributed by atoms with Crippen LogP contribution in [0.3, 0.4) is 0 Å². The second-order valence-electron chi connectivity index (χ2n) is 11.4. The fourth-order valence-electron chi connectivity index (χ4n) is 6.38. The van der Waals surface area contributed by atoms with E-state index in [0.29, 0.717) is 13.0 Å². The molecule has 42 heavy (non-hydrogen) atoms. The Labute approximate surface area is 247 Å². The summed E-state index contributed by atoms with van der Waals surface area (Å²) in [6.45, 7) is 1.27. The molecule has 2 aliphatic carbocycles. The first-order valence-corrected chi connectivity index (χ1v) is 14.7. The molecule has 2 amide bonds. The van der Waals surface area contributed by atoms with Crippen molar-refractivity contribution in [2.24, 2.45) is 11.8 Å². The van der Waals surface area contributed by atoms with Crippen LogP contribution in [0.1, 0.15) is 48.3 Å². The molecule has 8 heteroatoms. The zero-order valence-corrected chi connectivity index (χ0v) is 24.0. The van der Waals surface area contributed by atoms with Crippen molar-refractivity contribution in [3.05, 3.63) is 95.6 Å². The predicted molar refractivity (Wildman–Crippen MR) is 161 cm³/mol. The summed E-state index contributed by atoms with van der Waals surface area (Å²) in [5, 5.41) is 15.4. The van der Waals surface area contributed by atoms with E-state index >= 15 is 0 Å². The first kappa shape index (κ1) is 29.3. The molecule has 1 saturated carbocycles.